The average Bonchev–Trinajstić information content (AvgIpc) is 2.98. The van der Waals surface area contributed by atoms with E-state index in [-0.39, 0.29) is 5.92 Å². The van der Waals surface area contributed by atoms with Gasteiger partial charge in [0.05, 0.1) is 5.92 Å². The third-order valence-corrected chi connectivity index (χ3v) is 3.17. The van der Waals surface area contributed by atoms with Gasteiger partial charge in [-0.05, 0) is 36.3 Å². The lowest BCUT2D eigenvalue weighted by molar-refractivity contribution is -0.138. The number of hydrogen-bond acceptors (Lipinski definition) is 1. The van der Waals surface area contributed by atoms with E-state index in [1.54, 1.807) is 0 Å². The molecule has 0 saturated heterocycles. The fourth-order valence-corrected chi connectivity index (χ4v) is 1.99. The zero-order valence-electron chi connectivity index (χ0n) is 8.94. The average molecular weight is 204 g/mol. The molecule has 2 rings (SSSR count). The summed E-state index contributed by atoms with van der Waals surface area (Å²) in [6, 6.07) is 8.51. The summed E-state index contributed by atoms with van der Waals surface area (Å²) in [5.41, 5.74) is 2.60. The van der Waals surface area contributed by atoms with E-state index in [0.29, 0.717) is 5.92 Å². The fourth-order valence-electron chi connectivity index (χ4n) is 1.99. The van der Waals surface area contributed by atoms with Crippen molar-refractivity contribution in [2.75, 3.05) is 0 Å². The molecule has 0 amide bonds. The van der Waals surface area contributed by atoms with Crippen molar-refractivity contribution in [3.05, 3.63) is 35.4 Å². The summed E-state index contributed by atoms with van der Waals surface area (Å²) in [7, 11) is 0. The van der Waals surface area contributed by atoms with Crippen molar-refractivity contribution in [1.29, 1.82) is 0 Å². The Bertz CT molecular complexity index is 353. The van der Waals surface area contributed by atoms with Gasteiger partial charge in [0.2, 0.25) is 0 Å². The highest BCUT2D eigenvalue weighted by molar-refractivity contribution is 5.73. The molecule has 2 atom stereocenters. The van der Waals surface area contributed by atoms with Crippen molar-refractivity contribution in [1.82, 2.24) is 0 Å². The number of carboxylic acid groups (broad SMARTS) is 1. The van der Waals surface area contributed by atoms with E-state index in [4.69, 9.17) is 5.11 Å². The van der Waals surface area contributed by atoms with Gasteiger partial charge < -0.3 is 5.11 Å². The minimum absolute atomic E-state index is 0.0872. The molecule has 1 aliphatic carbocycles. The van der Waals surface area contributed by atoms with E-state index in [1.165, 1.54) is 11.1 Å². The molecule has 2 nitrogen and oxygen atoms in total. The molecule has 1 N–H and O–H groups in total. The monoisotopic (exact) mass is 204 g/mol. The second-order valence-corrected chi connectivity index (χ2v) is 4.31. The van der Waals surface area contributed by atoms with E-state index in [1.807, 2.05) is 0 Å². The quantitative estimate of drug-likeness (QED) is 0.818. The molecule has 80 valence electrons. The number of carboxylic acids is 1. The lowest BCUT2D eigenvalue weighted by Gasteiger charge is -2.01. The fraction of sp³-hybridized carbons (Fsp3) is 0.462. The summed E-state index contributed by atoms with van der Waals surface area (Å²) < 4.78 is 0. The first kappa shape index (κ1) is 10.2. The first-order chi connectivity index (χ1) is 7.20. The van der Waals surface area contributed by atoms with Crippen molar-refractivity contribution in [3.8, 4) is 0 Å². The largest absolute Gasteiger partial charge is 0.481 e. The SMILES string of the molecule is CCc1ccc(C[C@H]2C[C@H]2C(=O)O)cc1. The van der Waals surface area contributed by atoms with E-state index < -0.39 is 5.97 Å². The normalized spacial score (nSPS) is 23.8. The Morgan fingerprint density at radius 2 is 1.93 bits per heavy atom. The maximum Gasteiger partial charge on any atom is 0.306 e. The lowest BCUT2D eigenvalue weighted by atomic mass is 10.0. The van der Waals surface area contributed by atoms with Crippen LogP contribution in [0.25, 0.3) is 0 Å². The van der Waals surface area contributed by atoms with Gasteiger partial charge in [-0.15, -0.1) is 0 Å². The highest BCUT2D eigenvalue weighted by Crippen LogP contribution is 2.41. The maximum absolute atomic E-state index is 10.7. The molecule has 1 fully saturated rings. The number of carbonyl (C=O) groups is 1. The van der Waals surface area contributed by atoms with Crippen molar-refractivity contribution in [3.63, 3.8) is 0 Å². The van der Waals surface area contributed by atoms with Crippen LogP contribution in [0.4, 0.5) is 0 Å². The van der Waals surface area contributed by atoms with Crippen molar-refractivity contribution in [2.24, 2.45) is 11.8 Å². The smallest absolute Gasteiger partial charge is 0.306 e. The Balaban J connectivity index is 1.92. The lowest BCUT2D eigenvalue weighted by Crippen LogP contribution is -2.01. The summed E-state index contributed by atoms with van der Waals surface area (Å²) >= 11 is 0. The molecule has 0 bridgehead atoms. The summed E-state index contributed by atoms with van der Waals surface area (Å²) in [5.74, 6) is -0.351. The Hall–Kier alpha value is -1.31. The molecule has 2 heteroatoms. The molecule has 0 spiro atoms. The van der Waals surface area contributed by atoms with Crippen LogP contribution in [0.3, 0.4) is 0 Å². The predicted molar refractivity (Wildman–Crippen MR) is 58.8 cm³/mol. The molecule has 0 radical (unpaired) electrons. The Kier molecular flexibility index (Phi) is 2.76. The molecular formula is C13H16O2. The molecule has 0 aromatic heterocycles. The van der Waals surface area contributed by atoms with Gasteiger partial charge in [-0.1, -0.05) is 31.2 Å². The van der Waals surface area contributed by atoms with Crippen LogP contribution in [0.5, 0.6) is 0 Å². The standard InChI is InChI=1S/C13H16O2/c1-2-9-3-5-10(6-4-9)7-11-8-12(11)13(14)15/h3-6,11-12H,2,7-8H2,1H3,(H,14,15)/t11-,12+/m0/s1. The number of hydrogen-bond donors (Lipinski definition) is 1. The Morgan fingerprint density at radius 1 is 1.33 bits per heavy atom. The third-order valence-electron chi connectivity index (χ3n) is 3.17. The molecule has 0 heterocycles. The Labute approximate surface area is 89.9 Å². The van der Waals surface area contributed by atoms with Crippen molar-refractivity contribution >= 4 is 5.97 Å². The zero-order chi connectivity index (χ0) is 10.8. The summed E-state index contributed by atoms with van der Waals surface area (Å²) in [4.78, 5) is 10.7. The van der Waals surface area contributed by atoms with Gasteiger partial charge in [-0.2, -0.15) is 0 Å². The molecule has 0 unspecified atom stereocenters. The van der Waals surface area contributed by atoms with Gasteiger partial charge in [0, 0.05) is 0 Å². The van der Waals surface area contributed by atoms with Gasteiger partial charge in [-0.3, -0.25) is 4.79 Å². The first-order valence-corrected chi connectivity index (χ1v) is 5.51. The maximum atomic E-state index is 10.7. The second kappa shape index (κ2) is 4.05. The Morgan fingerprint density at radius 3 is 2.40 bits per heavy atom. The van der Waals surface area contributed by atoms with Gasteiger partial charge in [0.25, 0.3) is 0 Å². The van der Waals surface area contributed by atoms with Crippen LogP contribution in [-0.4, -0.2) is 11.1 Å². The van der Waals surface area contributed by atoms with Crippen LogP contribution < -0.4 is 0 Å². The molecule has 1 saturated carbocycles. The third kappa shape index (κ3) is 2.38. The molecule has 1 aliphatic rings. The summed E-state index contributed by atoms with van der Waals surface area (Å²) in [6.45, 7) is 2.14. The van der Waals surface area contributed by atoms with Crippen molar-refractivity contribution < 1.29 is 9.90 Å². The minimum Gasteiger partial charge on any atom is -0.481 e. The van der Waals surface area contributed by atoms with Crippen LogP contribution in [0, 0.1) is 11.8 Å². The van der Waals surface area contributed by atoms with E-state index in [0.717, 1.165) is 19.3 Å². The van der Waals surface area contributed by atoms with E-state index in [9.17, 15) is 4.79 Å². The van der Waals surface area contributed by atoms with Crippen LogP contribution in [0.1, 0.15) is 24.5 Å². The second-order valence-electron chi connectivity index (χ2n) is 4.31. The number of rotatable bonds is 4. The van der Waals surface area contributed by atoms with Gasteiger partial charge >= 0.3 is 5.97 Å². The van der Waals surface area contributed by atoms with Gasteiger partial charge in [-0.25, -0.2) is 0 Å². The topological polar surface area (TPSA) is 37.3 Å². The van der Waals surface area contributed by atoms with E-state index in [2.05, 4.69) is 31.2 Å². The van der Waals surface area contributed by atoms with Crippen molar-refractivity contribution in [2.45, 2.75) is 26.2 Å². The van der Waals surface area contributed by atoms with Crippen LogP contribution in [0.2, 0.25) is 0 Å². The van der Waals surface area contributed by atoms with Crippen LogP contribution >= 0.6 is 0 Å². The molecule has 0 aliphatic heterocycles. The van der Waals surface area contributed by atoms with Crippen LogP contribution in [0.15, 0.2) is 24.3 Å². The minimum atomic E-state index is -0.634. The highest BCUT2D eigenvalue weighted by atomic mass is 16.4. The molecule has 15 heavy (non-hydrogen) atoms. The number of aryl methyl sites for hydroxylation is 1. The molecular weight excluding hydrogens is 188 g/mol. The van der Waals surface area contributed by atoms with Gasteiger partial charge in [0.1, 0.15) is 0 Å². The summed E-state index contributed by atoms with van der Waals surface area (Å²) in [6.07, 6.45) is 2.83. The van der Waals surface area contributed by atoms with Crippen LogP contribution in [-0.2, 0) is 17.6 Å². The highest BCUT2D eigenvalue weighted by Gasteiger charge is 2.42. The first-order valence-electron chi connectivity index (χ1n) is 5.51. The van der Waals surface area contributed by atoms with E-state index >= 15 is 0 Å². The molecule has 1 aromatic carbocycles. The molecule has 1 aromatic rings. The zero-order valence-corrected chi connectivity index (χ0v) is 8.94. The predicted octanol–water partition coefficient (Wildman–Crippen LogP) is 2.51. The number of benzene rings is 1. The summed E-state index contributed by atoms with van der Waals surface area (Å²) in [5, 5.41) is 8.78. The van der Waals surface area contributed by atoms with Gasteiger partial charge in [0.15, 0.2) is 0 Å². The number of aliphatic carboxylic acids is 1.